The van der Waals surface area contributed by atoms with Crippen molar-refractivity contribution in [2.45, 2.75) is 46.1 Å². The number of nitrogens with two attached hydrogens (primary N) is 1. The van der Waals surface area contributed by atoms with Crippen molar-refractivity contribution in [2.75, 3.05) is 13.7 Å². The smallest absolute Gasteiger partial charge is 0.165 e. The molecule has 0 fully saturated rings. The number of unbranched alkanes of at least 4 members (excludes halogenated alkanes) is 1. The van der Waals surface area contributed by atoms with Gasteiger partial charge in [0.25, 0.3) is 0 Å². The molecule has 0 saturated heterocycles. The lowest BCUT2D eigenvalue weighted by Crippen LogP contribution is -2.13. The average molecular weight is 300 g/mol. The van der Waals surface area contributed by atoms with Crippen LogP contribution >= 0.6 is 11.6 Å². The van der Waals surface area contributed by atoms with Gasteiger partial charge in [-0.05, 0) is 18.4 Å². The lowest BCUT2D eigenvalue weighted by atomic mass is 10.0. The number of methoxy groups -OCH3 is 1. The van der Waals surface area contributed by atoms with Gasteiger partial charge in [-0.2, -0.15) is 0 Å². The maximum absolute atomic E-state index is 6.05. The van der Waals surface area contributed by atoms with Gasteiger partial charge in [0.1, 0.15) is 0 Å². The zero-order valence-corrected chi connectivity index (χ0v) is 13.5. The van der Waals surface area contributed by atoms with Crippen LogP contribution in [0.15, 0.2) is 12.1 Å². The number of ether oxygens (including phenoxy) is 2. The first-order valence-corrected chi connectivity index (χ1v) is 7.73. The predicted molar refractivity (Wildman–Crippen MR) is 84.7 cm³/mol. The van der Waals surface area contributed by atoms with Gasteiger partial charge in [-0.1, -0.05) is 44.7 Å². The molecule has 0 heterocycles. The molecule has 3 nitrogen and oxygen atoms in total. The summed E-state index contributed by atoms with van der Waals surface area (Å²) in [6.45, 7) is 5.49. The van der Waals surface area contributed by atoms with E-state index in [-0.39, 0.29) is 0 Å². The lowest BCUT2D eigenvalue weighted by molar-refractivity contribution is 0.222. The summed E-state index contributed by atoms with van der Waals surface area (Å²) in [6, 6.07) is 3.61. The Morgan fingerprint density at radius 2 is 2.05 bits per heavy atom. The molecule has 0 aromatic heterocycles. The molecule has 0 bridgehead atoms. The summed E-state index contributed by atoms with van der Waals surface area (Å²) in [6.07, 6.45) is 4.77. The molecule has 1 rings (SSSR count). The van der Waals surface area contributed by atoms with Gasteiger partial charge in [-0.25, -0.2) is 0 Å². The van der Waals surface area contributed by atoms with Crippen LogP contribution in [0, 0.1) is 5.92 Å². The van der Waals surface area contributed by atoms with Gasteiger partial charge in [0.05, 0.1) is 13.7 Å². The first-order chi connectivity index (χ1) is 9.65. The molecule has 4 heteroatoms. The van der Waals surface area contributed by atoms with Gasteiger partial charge >= 0.3 is 0 Å². The van der Waals surface area contributed by atoms with Crippen LogP contribution in [0.5, 0.6) is 11.5 Å². The van der Waals surface area contributed by atoms with E-state index >= 15 is 0 Å². The summed E-state index contributed by atoms with van der Waals surface area (Å²) >= 11 is 6.05. The fraction of sp³-hybridized carbons (Fsp3) is 0.625. The average Bonchev–Trinajstić information content (AvgIpc) is 2.47. The SMILES string of the molecule is CCCCC(CC)COc1c(CN)cc(Cl)cc1OC. The molecule has 20 heavy (non-hydrogen) atoms. The van der Waals surface area contributed by atoms with Crippen LogP contribution in [0.2, 0.25) is 5.02 Å². The summed E-state index contributed by atoms with van der Waals surface area (Å²) in [5, 5.41) is 0.618. The minimum absolute atomic E-state index is 0.387. The molecular weight excluding hydrogens is 274 g/mol. The fourth-order valence-corrected chi connectivity index (χ4v) is 2.42. The third-order valence-corrected chi connectivity index (χ3v) is 3.76. The topological polar surface area (TPSA) is 44.5 Å². The van der Waals surface area contributed by atoms with E-state index in [9.17, 15) is 0 Å². The van der Waals surface area contributed by atoms with Gasteiger partial charge in [0.15, 0.2) is 11.5 Å². The van der Waals surface area contributed by atoms with Crippen LogP contribution in [-0.2, 0) is 6.54 Å². The zero-order chi connectivity index (χ0) is 15.0. The summed E-state index contributed by atoms with van der Waals surface area (Å²) < 4.78 is 11.3. The molecule has 0 radical (unpaired) electrons. The quantitative estimate of drug-likeness (QED) is 0.735. The second-order valence-corrected chi connectivity index (χ2v) is 5.46. The second kappa shape index (κ2) is 9.09. The van der Waals surface area contributed by atoms with Crippen LogP contribution < -0.4 is 15.2 Å². The Morgan fingerprint density at radius 1 is 1.30 bits per heavy atom. The standard InChI is InChI=1S/C16H26ClNO2/c1-4-6-7-12(5-2)11-20-16-13(10-18)8-14(17)9-15(16)19-3/h8-9,12H,4-7,10-11,18H2,1-3H3. The first kappa shape index (κ1) is 17.1. The minimum atomic E-state index is 0.387. The molecule has 0 aliphatic carbocycles. The predicted octanol–water partition coefficient (Wildman–Crippen LogP) is 4.40. The third-order valence-electron chi connectivity index (χ3n) is 3.54. The first-order valence-electron chi connectivity index (χ1n) is 7.35. The van der Waals surface area contributed by atoms with Gasteiger partial charge < -0.3 is 15.2 Å². The van der Waals surface area contributed by atoms with Gasteiger partial charge in [0, 0.05) is 23.2 Å². The third kappa shape index (κ3) is 4.88. The Bertz CT molecular complexity index is 384. The largest absolute Gasteiger partial charge is 0.493 e. The molecule has 2 N–H and O–H groups in total. The highest BCUT2D eigenvalue weighted by Crippen LogP contribution is 2.35. The van der Waals surface area contributed by atoms with Crippen molar-refractivity contribution in [2.24, 2.45) is 11.7 Å². The van der Waals surface area contributed by atoms with Crippen molar-refractivity contribution in [3.8, 4) is 11.5 Å². The Morgan fingerprint density at radius 3 is 2.60 bits per heavy atom. The molecule has 1 aromatic carbocycles. The highest BCUT2D eigenvalue weighted by molar-refractivity contribution is 6.30. The molecule has 0 aliphatic heterocycles. The van der Waals surface area contributed by atoms with E-state index in [1.165, 1.54) is 19.3 Å². The summed E-state index contributed by atoms with van der Waals surface area (Å²) in [5.74, 6) is 1.96. The van der Waals surface area contributed by atoms with E-state index in [1.807, 2.05) is 6.07 Å². The van der Waals surface area contributed by atoms with E-state index in [1.54, 1.807) is 13.2 Å². The summed E-state index contributed by atoms with van der Waals surface area (Å²) in [5.41, 5.74) is 6.66. The zero-order valence-electron chi connectivity index (χ0n) is 12.7. The van der Waals surface area contributed by atoms with Crippen LogP contribution in [0.25, 0.3) is 0 Å². The Hall–Kier alpha value is -0.930. The number of rotatable bonds is 9. The monoisotopic (exact) mass is 299 g/mol. The Labute approximate surface area is 127 Å². The van der Waals surface area contributed by atoms with Crippen LogP contribution in [0.4, 0.5) is 0 Å². The maximum Gasteiger partial charge on any atom is 0.165 e. The minimum Gasteiger partial charge on any atom is -0.493 e. The number of halogens is 1. The fourth-order valence-electron chi connectivity index (χ4n) is 2.19. The van der Waals surface area contributed by atoms with E-state index in [2.05, 4.69) is 13.8 Å². The Balaban J connectivity index is 2.79. The number of hydrogen-bond donors (Lipinski definition) is 1. The van der Waals surface area contributed by atoms with E-state index in [4.69, 9.17) is 26.8 Å². The molecule has 0 spiro atoms. The second-order valence-electron chi connectivity index (χ2n) is 5.03. The van der Waals surface area contributed by atoms with Crippen molar-refractivity contribution >= 4 is 11.6 Å². The molecular formula is C16H26ClNO2. The van der Waals surface area contributed by atoms with Crippen molar-refractivity contribution in [1.82, 2.24) is 0 Å². The Kier molecular flexibility index (Phi) is 7.78. The van der Waals surface area contributed by atoms with Gasteiger partial charge in [0.2, 0.25) is 0 Å². The molecule has 114 valence electrons. The van der Waals surface area contributed by atoms with Gasteiger partial charge in [-0.3, -0.25) is 0 Å². The highest BCUT2D eigenvalue weighted by atomic mass is 35.5. The summed E-state index contributed by atoms with van der Waals surface area (Å²) in [7, 11) is 1.62. The lowest BCUT2D eigenvalue weighted by Gasteiger charge is -2.19. The maximum atomic E-state index is 6.05. The summed E-state index contributed by atoms with van der Waals surface area (Å²) in [4.78, 5) is 0. The molecule has 0 amide bonds. The normalized spacial score (nSPS) is 12.2. The van der Waals surface area contributed by atoms with E-state index < -0.39 is 0 Å². The van der Waals surface area contributed by atoms with Crippen molar-refractivity contribution < 1.29 is 9.47 Å². The van der Waals surface area contributed by atoms with E-state index in [0.717, 1.165) is 17.7 Å². The molecule has 1 unspecified atom stereocenters. The number of benzene rings is 1. The number of hydrogen-bond acceptors (Lipinski definition) is 3. The van der Waals surface area contributed by atoms with Crippen LogP contribution in [0.1, 0.15) is 45.1 Å². The van der Waals surface area contributed by atoms with Crippen LogP contribution in [0.3, 0.4) is 0 Å². The molecule has 1 atom stereocenters. The van der Waals surface area contributed by atoms with Crippen LogP contribution in [-0.4, -0.2) is 13.7 Å². The van der Waals surface area contributed by atoms with Crippen molar-refractivity contribution in [3.63, 3.8) is 0 Å². The van der Waals surface area contributed by atoms with Crippen molar-refractivity contribution in [3.05, 3.63) is 22.7 Å². The highest BCUT2D eigenvalue weighted by Gasteiger charge is 2.14. The van der Waals surface area contributed by atoms with Gasteiger partial charge in [-0.15, -0.1) is 0 Å². The van der Waals surface area contributed by atoms with E-state index in [0.29, 0.717) is 29.8 Å². The molecule has 0 saturated carbocycles. The molecule has 0 aliphatic rings. The molecule has 1 aromatic rings. The van der Waals surface area contributed by atoms with Crippen molar-refractivity contribution in [1.29, 1.82) is 0 Å².